The molecule has 1 aliphatic heterocycles. The first-order chi connectivity index (χ1) is 8.08. The van der Waals surface area contributed by atoms with E-state index in [1.165, 1.54) is 23.0 Å². The molecule has 0 unspecified atom stereocenters. The van der Waals surface area contributed by atoms with Crippen molar-refractivity contribution in [3.8, 4) is 0 Å². The zero-order valence-electron chi connectivity index (χ0n) is 8.39. The molecule has 3 nitrogen and oxygen atoms in total. The third-order valence-electron chi connectivity index (χ3n) is 1.99. The normalized spacial score (nSPS) is 16.2. The lowest BCUT2D eigenvalue weighted by atomic mass is 10.2. The van der Waals surface area contributed by atoms with E-state index in [9.17, 15) is 4.79 Å². The number of carbonyl (C=O) groups excluding carboxylic acids is 1. The second kappa shape index (κ2) is 5.35. The van der Waals surface area contributed by atoms with Gasteiger partial charge < -0.3 is 0 Å². The van der Waals surface area contributed by atoms with Gasteiger partial charge in [-0.25, -0.2) is 0 Å². The van der Waals surface area contributed by atoms with Crippen LogP contribution in [0.3, 0.4) is 0 Å². The summed E-state index contributed by atoms with van der Waals surface area (Å²) in [7, 11) is 0. The topological polar surface area (TPSA) is 32.7 Å². The Morgan fingerprint density at radius 3 is 2.76 bits per heavy atom. The van der Waals surface area contributed by atoms with E-state index in [0.29, 0.717) is 20.1 Å². The number of hydrazone groups is 1. The number of thioether (sulfide) groups is 1. The van der Waals surface area contributed by atoms with Gasteiger partial charge in [0, 0.05) is 0 Å². The smallest absolute Gasteiger partial charge is 0.259 e. The molecule has 0 aromatic heterocycles. The maximum absolute atomic E-state index is 11.4. The van der Waals surface area contributed by atoms with Gasteiger partial charge in [0.15, 0.2) is 4.32 Å². The molecular weight excluding hydrogens is 299 g/mol. The standard InChI is InChI=1S/C10H6Cl2N2OS2/c11-7-2-1-6(3-8(7)12)4-13-14-9(15)5-17-10(14)16/h1-4H,5H2/b13-4+. The minimum atomic E-state index is -0.115. The molecule has 0 radical (unpaired) electrons. The number of nitrogens with zero attached hydrogens (tertiary/aromatic N) is 2. The van der Waals surface area contributed by atoms with Crippen molar-refractivity contribution in [2.75, 3.05) is 5.75 Å². The fraction of sp³-hybridized carbons (Fsp3) is 0.100. The van der Waals surface area contributed by atoms with Gasteiger partial charge in [0.2, 0.25) is 0 Å². The monoisotopic (exact) mass is 304 g/mol. The summed E-state index contributed by atoms with van der Waals surface area (Å²) in [5.41, 5.74) is 0.756. The number of hydrogen-bond acceptors (Lipinski definition) is 4. The van der Waals surface area contributed by atoms with Crippen LogP contribution in [0.4, 0.5) is 0 Å². The Labute approximate surface area is 118 Å². The molecule has 1 amide bonds. The van der Waals surface area contributed by atoms with Crippen molar-refractivity contribution >= 4 is 63.6 Å². The molecule has 2 rings (SSSR count). The van der Waals surface area contributed by atoms with Crippen molar-refractivity contribution in [1.29, 1.82) is 0 Å². The van der Waals surface area contributed by atoms with Crippen LogP contribution < -0.4 is 0 Å². The minimum Gasteiger partial charge on any atom is -0.272 e. The molecule has 0 saturated carbocycles. The van der Waals surface area contributed by atoms with Crippen LogP contribution in [-0.2, 0) is 4.79 Å². The lowest BCUT2D eigenvalue weighted by Crippen LogP contribution is -2.22. The molecule has 88 valence electrons. The summed E-state index contributed by atoms with van der Waals surface area (Å²) < 4.78 is 0.464. The summed E-state index contributed by atoms with van der Waals surface area (Å²) in [5, 5.41) is 6.16. The van der Waals surface area contributed by atoms with Crippen LogP contribution in [0.15, 0.2) is 23.3 Å². The van der Waals surface area contributed by atoms with E-state index in [0.717, 1.165) is 5.56 Å². The van der Waals surface area contributed by atoms with Gasteiger partial charge in [-0.1, -0.05) is 53.2 Å². The summed E-state index contributed by atoms with van der Waals surface area (Å²) >= 11 is 17.9. The maximum Gasteiger partial charge on any atom is 0.259 e. The van der Waals surface area contributed by atoms with Gasteiger partial charge >= 0.3 is 0 Å². The predicted octanol–water partition coefficient (Wildman–Crippen LogP) is 3.19. The van der Waals surface area contributed by atoms with Crippen molar-refractivity contribution in [2.24, 2.45) is 5.10 Å². The average molecular weight is 305 g/mol. The molecule has 1 saturated heterocycles. The van der Waals surface area contributed by atoms with E-state index in [1.807, 2.05) is 0 Å². The summed E-state index contributed by atoms with van der Waals surface area (Å²) in [6, 6.07) is 5.10. The molecule has 1 aromatic rings. The van der Waals surface area contributed by atoms with Gasteiger partial charge in [0.05, 0.1) is 22.0 Å². The molecule has 0 spiro atoms. The average Bonchev–Trinajstić information content (AvgIpc) is 2.61. The van der Waals surface area contributed by atoms with Gasteiger partial charge in [-0.05, 0) is 17.7 Å². The Hall–Kier alpha value is -0.620. The Bertz CT molecular complexity index is 503. The molecule has 7 heteroatoms. The van der Waals surface area contributed by atoms with Crippen LogP contribution in [0, 0.1) is 0 Å². The second-order valence-electron chi connectivity index (χ2n) is 3.18. The number of rotatable bonds is 2. The van der Waals surface area contributed by atoms with Crippen LogP contribution in [0.5, 0.6) is 0 Å². The highest BCUT2D eigenvalue weighted by Gasteiger charge is 2.25. The van der Waals surface area contributed by atoms with Gasteiger partial charge in [-0.3, -0.25) is 4.79 Å². The molecule has 0 aliphatic carbocycles. The van der Waals surface area contributed by atoms with Crippen molar-refractivity contribution < 1.29 is 4.79 Å². The molecule has 0 N–H and O–H groups in total. The van der Waals surface area contributed by atoms with Gasteiger partial charge in [0.25, 0.3) is 5.91 Å². The lowest BCUT2D eigenvalue weighted by Gasteiger charge is -2.06. The SMILES string of the molecule is O=C1CSC(=S)N1/N=C/c1ccc(Cl)c(Cl)c1. The fourth-order valence-corrected chi connectivity index (χ4v) is 2.45. The van der Waals surface area contributed by atoms with Crippen molar-refractivity contribution in [2.45, 2.75) is 0 Å². The molecule has 17 heavy (non-hydrogen) atoms. The molecule has 1 aliphatic rings. The number of benzene rings is 1. The Kier molecular flexibility index (Phi) is 4.04. The molecule has 1 fully saturated rings. The Balaban J connectivity index is 2.17. The van der Waals surface area contributed by atoms with E-state index in [4.69, 9.17) is 35.4 Å². The third-order valence-corrected chi connectivity index (χ3v) is 4.07. The first kappa shape index (κ1) is 12.8. The van der Waals surface area contributed by atoms with Crippen LogP contribution in [0.2, 0.25) is 10.0 Å². The highest BCUT2D eigenvalue weighted by molar-refractivity contribution is 8.23. The number of hydrogen-bond donors (Lipinski definition) is 0. The summed E-state index contributed by atoms with van der Waals surface area (Å²) in [5.74, 6) is 0.230. The van der Waals surface area contributed by atoms with E-state index < -0.39 is 0 Å². The van der Waals surface area contributed by atoms with Gasteiger partial charge in [-0.2, -0.15) is 10.1 Å². The fourth-order valence-electron chi connectivity index (χ4n) is 1.18. The lowest BCUT2D eigenvalue weighted by molar-refractivity contribution is -0.123. The van der Waals surface area contributed by atoms with Gasteiger partial charge in [0.1, 0.15) is 0 Å². The van der Waals surface area contributed by atoms with Crippen molar-refractivity contribution in [1.82, 2.24) is 5.01 Å². The first-order valence-corrected chi connectivity index (χ1v) is 6.71. The second-order valence-corrected chi connectivity index (χ2v) is 5.60. The van der Waals surface area contributed by atoms with E-state index in [1.54, 1.807) is 18.2 Å². The van der Waals surface area contributed by atoms with Crippen molar-refractivity contribution in [3.63, 3.8) is 0 Å². The zero-order valence-corrected chi connectivity index (χ0v) is 11.5. The minimum absolute atomic E-state index is 0.115. The van der Waals surface area contributed by atoms with Crippen LogP contribution >= 0.6 is 47.2 Å². The number of halogens is 2. The highest BCUT2D eigenvalue weighted by atomic mass is 35.5. The van der Waals surface area contributed by atoms with Crippen LogP contribution in [0.25, 0.3) is 0 Å². The quantitative estimate of drug-likeness (QED) is 0.621. The number of amides is 1. The zero-order chi connectivity index (χ0) is 12.4. The maximum atomic E-state index is 11.4. The summed E-state index contributed by atoms with van der Waals surface area (Å²) in [6.07, 6.45) is 1.53. The van der Waals surface area contributed by atoms with E-state index >= 15 is 0 Å². The Morgan fingerprint density at radius 1 is 1.41 bits per heavy atom. The van der Waals surface area contributed by atoms with Gasteiger partial charge in [-0.15, -0.1) is 0 Å². The molecular formula is C10H6Cl2N2OS2. The van der Waals surface area contributed by atoms with E-state index in [-0.39, 0.29) is 5.91 Å². The van der Waals surface area contributed by atoms with Crippen molar-refractivity contribution in [3.05, 3.63) is 33.8 Å². The largest absolute Gasteiger partial charge is 0.272 e. The summed E-state index contributed by atoms with van der Waals surface area (Å²) in [4.78, 5) is 11.4. The first-order valence-electron chi connectivity index (χ1n) is 4.56. The Morgan fingerprint density at radius 2 is 2.18 bits per heavy atom. The molecule has 1 aromatic carbocycles. The number of thiocarbonyl (C=S) groups is 1. The van der Waals surface area contributed by atoms with Crippen LogP contribution in [-0.4, -0.2) is 27.2 Å². The van der Waals surface area contributed by atoms with Crippen LogP contribution in [0.1, 0.15) is 5.56 Å². The number of carbonyl (C=O) groups is 1. The highest BCUT2D eigenvalue weighted by Crippen LogP contribution is 2.22. The van der Waals surface area contributed by atoms with E-state index in [2.05, 4.69) is 5.10 Å². The predicted molar refractivity (Wildman–Crippen MR) is 76.0 cm³/mol. The summed E-state index contributed by atoms with van der Waals surface area (Å²) in [6.45, 7) is 0. The third kappa shape index (κ3) is 2.98. The molecule has 0 bridgehead atoms. The molecule has 0 atom stereocenters. The molecule has 1 heterocycles.